The number of rotatable bonds is 3. The van der Waals surface area contributed by atoms with E-state index in [0.717, 1.165) is 49.9 Å². The Labute approximate surface area is 149 Å². The van der Waals surface area contributed by atoms with Crippen LogP contribution in [0, 0.1) is 23.5 Å². The van der Waals surface area contributed by atoms with Gasteiger partial charge in [-0.3, -0.25) is 4.79 Å². The van der Waals surface area contributed by atoms with Gasteiger partial charge in [-0.1, -0.05) is 6.92 Å². The molecule has 0 aromatic heterocycles. The van der Waals surface area contributed by atoms with Gasteiger partial charge in [-0.25, -0.2) is 8.78 Å². The molecule has 1 aromatic rings. The maximum Gasteiger partial charge on any atom is 0.256 e. The maximum atomic E-state index is 13.9. The lowest BCUT2D eigenvalue weighted by molar-refractivity contribution is 0.0752. The van der Waals surface area contributed by atoms with Crippen molar-refractivity contribution in [3.63, 3.8) is 0 Å². The molecule has 25 heavy (non-hydrogen) atoms. The molecule has 2 aliphatic heterocycles. The average Bonchev–Trinajstić information content (AvgIpc) is 2.84. The third-order valence-corrected chi connectivity index (χ3v) is 5.69. The van der Waals surface area contributed by atoms with E-state index >= 15 is 0 Å². The summed E-state index contributed by atoms with van der Waals surface area (Å²) in [5.74, 6) is -0.181. The summed E-state index contributed by atoms with van der Waals surface area (Å²) in [6.45, 7) is 7.02. The molecule has 0 N–H and O–H groups in total. The predicted molar refractivity (Wildman–Crippen MR) is 94.4 cm³/mol. The smallest absolute Gasteiger partial charge is 0.256 e. The topological polar surface area (TPSA) is 23.6 Å². The van der Waals surface area contributed by atoms with Crippen molar-refractivity contribution in [2.75, 3.05) is 32.7 Å². The molecule has 0 radical (unpaired) electrons. The highest BCUT2D eigenvalue weighted by molar-refractivity contribution is 5.94. The van der Waals surface area contributed by atoms with E-state index in [1.807, 2.05) is 0 Å². The van der Waals surface area contributed by atoms with E-state index in [2.05, 4.69) is 11.8 Å². The lowest BCUT2D eigenvalue weighted by Gasteiger charge is -2.32. The van der Waals surface area contributed by atoms with Gasteiger partial charge in [-0.15, -0.1) is 0 Å². The first-order valence-corrected chi connectivity index (χ1v) is 9.49. The number of likely N-dealkylation sites (tertiary alicyclic amines) is 2. The number of amides is 1. The molecule has 0 bridgehead atoms. The van der Waals surface area contributed by atoms with Gasteiger partial charge in [0.1, 0.15) is 11.6 Å². The second-order valence-corrected chi connectivity index (χ2v) is 7.70. The minimum Gasteiger partial charge on any atom is -0.339 e. The fraction of sp³-hybridized carbons (Fsp3) is 0.650. The molecule has 0 spiro atoms. The van der Waals surface area contributed by atoms with Crippen molar-refractivity contribution in [2.24, 2.45) is 11.8 Å². The van der Waals surface area contributed by atoms with Crippen LogP contribution >= 0.6 is 0 Å². The molecule has 0 saturated carbocycles. The van der Waals surface area contributed by atoms with Gasteiger partial charge in [0.2, 0.25) is 0 Å². The third kappa shape index (κ3) is 4.78. The van der Waals surface area contributed by atoms with E-state index in [9.17, 15) is 13.6 Å². The van der Waals surface area contributed by atoms with E-state index < -0.39 is 11.6 Å². The van der Waals surface area contributed by atoms with Crippen molar-refractivity contribution in [1.82, 2.24) is 9.80 Å². The van der Waals surface area contributed by atoms with Crippen LogP contribution in [0.2, 0.25) is 0 Å². The number of piperidine rings is 1. The van der Waals surface area contributed by atoms with Gasteiger partial charge in [0, 0.05) is 19.6 Å². The first-order valence-electron chi connectivity index (χ1n) is 9.49. The fourth-order valence-electron chi connectivity index (χ4n) is 3.99. The van der Waals surface area contributed by atoms with Crippen LogP contribution in [0.4, 0.5) is 8.78 Å². The Hall–Kier alpha value is -1.49. The van der Waals surface area contributed by atoms with Crippen LogP contribution in [0.25, 0.3) is 0 Å². The van der Waals surface area contributed by atoms with Crippen molar-refractivity contribution in [1.29, 1.82) is 0 Å². The molecule has 5 heteroatoms. The third-order valence-electron chi connectivity index (χ3n) is 5.69. The van der Waals surface area contributed by atoms with Crippen LogP contribution in [-0.4, -0.2) is 48.4 Å². The Morgan fingerprint density at radius 3 is 2.60 bits per heavy atom. The number of halogens is 2. The summed E-state index contributed by atoms with van der Waals surface area (Å²) < 4.78 is 27.2. The number of benzene rings is 1. The molecule has 138 valence electrons. The minimum atomic E-state index is -0.644. The first kappa shape index (κ1) is 18.3. The predicted octanol–water partition coefficient (Wildman–Crippen LogP) is 3.94. The molecule has 1 atom stereocenters. The van der Waals surface area contributed by atoms with Gasteiger partial charge in [-0.05, 0) is 75.2 Å². The Morgan fingerprint density at radius 1 is 1.08 bits per heavy atom. The second kappa shape index (κ2) is 8.26. The van der Waals surface area contributed by atoms with Crippen LogP contribution in [0.5, 0.6) is 0 Å². The van der Waals surface area contributed by atoms with E-state index in [1.165, 1.54) is 25.9 Å². The van der Waals surface area contributed by atoms with E-state index in [0.29, 0.717) is 19.0 Å². The van der Waals surface area contributed by atoms with E-state index in [-0.39, 0.29) is 11.5 Å². The summed E-state index contributed by atoms with van der Waals surface area (Å²) in [6.07, 6.45) is 5.51. The zero-order valence-electron chi connectivity index (χ0n) is 15.0. The highest BCUT2D eigenvalue weighted by Crippen LogP contribution is 2.24. The minimum absolute atomic E-state index is 0.150. The zero-order valence-corrected chi connectivity index (χ0v) is 15.0. The van der Waals surface area contributed by atoms with Gasteiger partial charge in [0.15, 0.2) is 0 Å². The molecule has 1 aromatic carbocycles. The van der Waals surface area contributed by atoms with Gasteiger partial charge in [-0.2, -0.15) is 0 Å². The SMILES string of the molecule is CC1CCN(CC2CCCN(C(=O)c3cc(F)ccc3F)CC2)CC1. The largest absolute Gasteiger partial charge is 0.339 e. The molecule has 0 aliphatic carbocycles. The standard InChI is InChI=1S/C20H28F2N2O/c1-15-6-10-23(11-7-15)14-16-3-2-9-24(12-8-16)20(25)18-13-17(21)4-5-19(18)22/h4-5,13,15-16H,2-3,6-12,14H2,1H3. The summed E-state index contributed by atoms with van der Waals surface area (Å²) in [6, 6.07) is 3.08. The average molecular weight is 350 g/mol. The van der Waals surface area contributed by atoms with E-state index in [4.69, 9.17) is 0 Å². The summed E-state index contributed by atoms with van der Waals surface area (Å²) in [5.41, 5.74) is -0.150. The molecule has 2 heterocycles. The van der Waals surface area contributed by atoms with Crippen LogP contribution in [0.3, 0.4) is 0 Å². The van der Waals surface area contributed by atoms with Crippen LogP contribution < -0.4 is 0 Å². The van der Waals surface area contributed by atoms with Crippen molar-refractivity contribution in [3.05, 3.63) is 35.4 Å². The Balaban J connectivity index is 1.56. The lowest BCUT2D eigenvalue weighted by Crippen LogP contribution is -2.37. The molecule has 3 nitrogen and oxygen atoms in total. The summed E-state index contributed by atoms with van der Waals surface area (Å²) in [7, 11) is 0. The molecule has 2 fully saturated rings. The quantitative estimate of drug-likeness (QED) is 0.824. The van der Waals surface area contributed by atoms with Crippen molar-refractivity contribution >= 4 is 5.91 Å². The summed E-state index contributed by atoms with van der Waals surface area (Å²) in [5, 5.41) is 0. The Kier molecular flexibility index (Phi) is 6.05. The van der Waals surface area contributed by atoms with E-state index in [1.54, 1.807) is 4.90 Å². The Morgan fingerprint density at radius 2 is 1.84 bits per heavy atom. The van der Waals surface area contributed by atoms with Gasteiger partial charge < -0.3 is 9.80 Å². The number of carbonyl (C=O) groups excluding carboxylic acids is 1. The van der Waals surface area contributed by atoms with Gasteiger partial charge in [0.25, 0.3) is 5.91 Å². The number of hydrogen-bond donors (Lipinski definition) is 0. The molecule has 1 unspecified atom stereocenters. The Bertz CT molecular complexity index is 599. The molecule has 2 aliphatic rings. The van der Waals surface area contributed by atoms with Crippen LogP contribution in [-0.2, 0) is 0 Å². The van der Waals surface area contributed by atoms with Crippen molar-refractivity contribution < 1.29 is 13.6 Å². The van der Waals surface area contributed by atoms with Gasteiger partial charge >= 0.3 is 0 Å². The first-order chi connectivity index (χ1) is 12.0. The molecule has 3 rings (SSSR count). The fourth-order valence-corrected chi connectivity index (χ4v) is 3.99. The molecule has 2 saturated heterocycles. The summed E-state index contributed by atoms with van der Waals surface area (Å²) in [4.78, 5) is 16.8. The van der Waals surface area contributed by atoms with Crippen molar-refractivity contribution in [3.8, 4) is 0 Å². The number of hydrogen-bond acceptors (Lipinski definition) is 2. The monoisotopic (exact) mass is 350 g/mol. The highest BCUT2D eigenvalue weighted by Gasteiger charge is 2.25. The molecular formula is C20H28F2N2O. The normalized spacial score (nSPS) is 23.5. The van der Waals surface area contributed by atoms with Crippen molar-refractivity contribution in [2.45, 2.75) is 39.0 Å². The van der Waals surface area contributed by atoms with Crippen LogP contribution in [0.15, 0.2) is 18.2 Å². The summed E-state index contributed by atoms with van der Waals surface area (Å²) >= 11 is 0. The van der Waals surface area contributed by atoms with Gasteiger partial charge in [0.05, 0.1) is 5.56 Å². The second-order valence-electron chi connectivity index (χ2n) is 7.70. The number of nitrogens with zero attached hydrogens (tertiary/aromatic N) is 2. The number of carbonyl (C=O) groups is 1. The highest BCUT2D eigenvalue weighted by atomic mass is 19.1. The van der Waals surface area contributed by atoms with Crippen LogP contribution in [0.1, 0.15) is 49.4 Å². The molecule has 1 amide bonds. The maximum absolute atomic E-state index is 13.9. The molecular weight excluding hydrogens is 322 g/mol. The zero-order chi connectivity index (χ0) is 17.8. The lowest BCUT2D eigenvalue weighted by atomic mass is 9.95.